The van der Waals surface area contributed by atoms with Crippen LogP contribution in [0, 0.1) is 0 Å². The highest BCUT2D eigenvalue weighted by Crippen LogP contribution is 1.97. The molecule has 4 heteroatoms. The van der Waals surface area contributed by atoms with Crippen LogP contribution in [-0.2, 0) is 6.32 Å². The molecule has 0 aliphatic heterocycles. The fraction of sp³-hybridized carbons (Fsp3) is 0.250. The highest BCUT2D eigenvalue weighted by molar-refractivity contribution is 7.19. The number of aromatic nitrogens is 1. The lowest BCUT2D eigenvalue weighted by atomic mass is 10.1. The minimum Gasteiger partial charge on any atom is -0.251 e. The van der Waals surface area contributed by atoms with E-state index in [1.165, 1.54) is 11.3 Å². The van der Waals surface area contributed by atoms with Crippen LogP contribution in [0.25, 0.3) is 0 Å². The van der Waals surface area contributed by atoms with E-state index in [2.05, 4.69) is 4.98 Å². The maximum atomic E-state index is 5.35. The molecule has 0 fully saturated rings. The second kappa shape index (κ2) is 2.35. The van der Waals surface area contributed by atoms with E-state index in [9.17, 15) is 0 Å². The molecule has 0 aliphatic carbocycles. The average Bonchev–Trinajstić information content (AvgIpc) is 2.14. The van der Waals surface area contributed by atoms with Gasteiger partial charge in [-0.15, -0.1) is 11.3 Å². The largest absolute Gasteiger partial charge is 0.251 e. The maximum absolute atomic E-state index is 5.35. The Labute approximate surface area is 55.0 Å². The van der Waals surface area contributed by atoms with E-state index in [0.29, 0.717) is 6.32 Å². The fourth-order valence-electron chi connectivity index (χ4n) is 0.419. The van der Waals surface area contributed by atoms with Crippen molar-refractivity contribution in [2.75, 3.05) is 0 Å². The zero-order valence-electron chi connectivity index (χ0n) is 4.29. The molecule has 0 bridgehead atoms. The third-order valence-electron chi connectivity index (χ3n) is 0.746. The minimum absolute atomic E-state index is 0.488. The summed E-state index contributed by atoms with van der Waals surface area (Å²) < 4.78 is 0.727. The molecule has 0 unspecified atom stereocenters. The van der Waals surface area contributed by atoms with Crippen molar-refractivity contribution in [3.63, 3.8) is 0 Å². The number of nitrogens with zero attached hydrogens (tertiary/aromatic N) is 1. The van der Waals surface area contributed by atoms with Crippen molar-refractivity contribution < 1.29 is 0 Å². The number of hydrogen-bond donors (Lipinski definition) is 0. The molecule has 0 aromatic carbocycles. The smallest absolute Gasteiger partial charge is 0.131 e. The van der Waals surface area contributed by atoms with Crippen LogP contribution in [-0.4, -0.2) is 20.7 Å². The van der Waals surface area contributed by atoms with Crippen LogP contribution in [0.2, 0.25) is 0 Å². The molecule has 1 aromatic heterocycles. The normalized spacial score (nSPS) is 9.50. The summed E-state index contributed by atoms with van der Waals surface area (Å²) in [5, 5.41) is 0.891. The van der Waals surface area contributed by atoms with Crippen LogP contribution in [0.3, 0.4) is 0 Å². The molecular weight excluding hydrogens is 116 g/mol. The topological polar surface area (TPSA) is 12.9 Å². The van der Waals surface area contributed by atoms with E-state index in [-0.39, 0.29) is 0 Å². The Kier molecular flexibility index (Phi) is 1.73. The van der Waals surface area contributed by atoms with Crippen molar-refractivity contribution in [1.82, 2.24) is 4.98 Å². The van der Waals surface area contributed by atoms with Gasteiger partial charge in [-0.3, -0.25) is 4.98 Å². The Morgan fingerprint density at radius 1 is 1.75 bits per heavy atom. The van der Waals surface area contributed by atoms with E-state index < -0.39 is 0 Å². The monoisotopic (exact) mass is 119 g/mol. The summed E-state index contributed by atoms with van der Waals surface area (Å²) in [4.78, 5) is 3.90. The second-order valence-corrected chi connectivity index (χ2v) is 2.51. The first-order valence-electron chi connectivity index (χ1n) is 2.23. The first-order valence-corrected chi connectivity index (χ1v) is 3.05. The Morgan fingerprint density at radius 2 is 2.50 bits per heavy atom. The van der Waals surface area contributed by atoms with E-state index in [1.54, 1.807) is 6.20 Å². The van der Waals surface area contributed by atoms with Crippen molar-refractivity contribution in [2.24, 2.45) is 0 Å². The van der Waals surface area contributed by atoms with Gasteiger partial charge in [-0.1, -0.05) is 0 Å². The predicted octanol–water partition coefficient (Wildman–Crippen LogP) is -0.395. The Hall–Kier alpha value is -0.240. The summed E-state index contributed by atoms with van der Waals surface area (Å²) in [7, 11) is 10.6. The van der Waals surface area contributed by atoms with Gasteiger partial charge in [0.25, 0.3) is 0 Å². The highest BCUT2D eigenvalue weighted by Gasteiger charge is 1.90. The molecule has 4 radical (unpaired) electrons. The van der Waals surface area contributed by atoms with Gasteiger partial charge in [-0.05, 0) is 11.1 Å². The van der Waals surface area contributed by atoms with Gasteiger partial charge in [0.1, 0.15) is 7.85 Å². The van der Waals surface area contributed by atoms with Crippen molar-refractivity contribution in [3.05, 3.63) is 11.2 Å². The molecule has 0 N–H and O–H groups in total. The van der Waals surface area contributed by atoms with Gasteiger partial charge >= 0.3 is 0 Å². The van der Waals surface area contributed by atoms with Gasteiger partial charge in [-0.25, -0.2) is 0 Å². The van der Waals surface area contributed by atoms with Crippen molar-refractivity contribution >= 4 is 31.8 Å². The summed E-state index contributed by atoms with van der Waals surface area (Å²) in [6, 6.07) is 0. The summed E-state index contributed by atoms with van der Waals surface area (Å²) in [5.74, 6) is 0. The molecule has 0 amide bonds. The molecule has 36 valence electrons. The fourth-order valence-corrected chi connectivity index (χ4v) is 0.985. The SMILES string of the molecule is [B]Cc1ncc([B])s1. The molecule has 0 spiro atoms. The van der Waals surface area contributed by atoms with E-state index in [1.807, 2.05) is 0 Å². The first kappa shape index (κ1) is 5.89. The Bertz CT molecular complexity index is 174. The van der Waals surface area contributed by atoms with Crippen molar-refractivity contribution in [2.45, 2.75) is 6.32 Å². The number of thiazole rings is 1. The highest BCUT2D eigenvalue weighted by atomic mass is 32.1. The van der Waals surface area contributed by atoms with Crippen LogP contribution in [0.1, 0.15) is 5.01 Å². The van der Waals surface area contributed by atoms with Gasteiger partial charge in [0.2, 0.25) is 0 Å². The zero-order valence-corrected chi connectivity index (χ0v) is 5.11. The standard InChI is InChI=1S/C4H3B2NS/c5-1-4-7-2-3(6)8-4/h2H,1H2. The molecule has 0 atom stereocenters. The molecule has 0 saturated heterocycles. The zero-order chi connectivity index (χ0) is 5.98. The first-order chi connectivity index (χ1) is 3.83. The van der Waals surface area contributed by atoms with E-state index in [4.69, 9.17) is 15.7 Å². The van der Waals surface area contributed by atoms with Crippen LogP contribution >= 0.6 is 11.3 Å². The van der Waals surface area contributed by atoms with E-state index in [0.717, 1.165) is 9.78 Å². The lowest BCUT2D eigenvalue weighted by molar-refractivity contribution is 1.26. The average molecular weight is 119 g/mol. The van der Waals surface area contributed by atoms with Gasteiger partial charge in [0, 0.05) is 6.20 Å². The summed E-state index contributed by atoms with van der Waals surface area (Å²) in [6.45, 7) is 0. The van der Waals surface area contributed by atoms with Crippen molar-refractivity contribution in [3.8, 4) is 0 Å². The van der Waals surface area contributed by atoms with E-state index >= 15 is 0 Å². The second-order valence-electron chi connectivity index (χ2n) is 1.36. The Balaban J connectivity index is 2.84. The van der Waals surface area contributed by atoms with Gasteiger partial charge < -0.3 is 0 Å². The lowest BCUT2D eigenvalue weighted by Crippen LogP contribution is -1.89. The van der Waals surface area contributed by atoms with Gasteiger partial charge in [0.15, 0.2) is 0 Å². The molecule has 1 rings (SSSR count). The number of rotatable bonds is 1. The summed E-state index contributed by atoms with van der Waals surface area (Å²) in [5.41, 5.74) is 0. The van der Waals surface area contributed by atoms with Crippen LogP contribution in [0.4, 0.5) is 0 Å². The van der Waals surface area contributed by atoms with Crippen LogP contribution in [0.15, 0.2) is 6.20 Å². The maximum Gasteiger partial charge on any atom is 0.131 e. The lowest BCUT2D eigenvalue weighted by Gasteiger charge is -1.78. The minimum atomic E-state index is 0.488. The molecule has 1 nitrogen and oxygen atoms in total. The molecule has 0 saturated carbocycles. The molecular formula is C4H3B2NS. The van der Waals surface area contributed by atoms with Crippen molar-refractivity contribution in [1.29, 1.82) is 0 Å². The molecule has 1 heterocycles. The molecule has 0 aliphatic rings. The molecule has 1 aromatic rings. The third kappa shape index (κ3) is 1.13. The number of hydrogen-bond acceptors (Lipinski definition) is 2. The summed E-state index contributed by atoms with van der Waals surface area (Å²) in [6.07, 6.45) is 2.11. The Morgan fingerprint density at radius 3 is 2.75 bits per heavy atom. The van der Waals surface area contributed by atoms with Gasteiger partial charge in [0.05, 0.1) is 12.9 Å². The van der Waals surface area contributed by atoms with Gasteiger partial charge in [-0.2, -0.15) is 0 Å². The summed E-state index contributed by atoms with van der Waals surface area (Å²) >= 11 is 1.43. The third-order valence-corrected chi connectivity index (χ3v) is 1.59. The molecule has 8 heavy (non-hydrogen) atoms. The predicted molar refractivity (Wildman–Crippen MR) is 37.0 cm³/mol. The van der Waals surface area contributed by atoms with Crippen LogP contribution in [0.5, 0.6) is 0 Å². The van der Waals surface area contributed by atoms with Crippen LogP contribution < -0.4 is 4.78 Å². The quantitative estimate of drug-likeness (QED) is 0.458.